The zero-order valence-corrected chi connectivity index (χ0v) is 20.2. The fourth-order valence-electron chi connectivity index (χ4n) is 4.04. The van der Waals surface area contributed by atoms with Gasteiger partial charge in [0.1, 0.15) is 18.1 Å². The molecule has 7 N–H and O–H groups in total. The first-order chi connectivity index (χ1) is 17.5. The van der Waals surface area contributed by atoms with Gasteiger partial charge < -0.3 is 36.6 Å². The molecule has 13 heteroatoms. The second kappa shape index (κ2) is 13.9. The molecule has 2 rings (SSSR count). The number of carbonyl (C=O) groups is 6. The number of rotatable bonds is 14. The van der Waals surface area contributed by atoms with Crippen molar-refractivity contribution in [3.05, 3.63) is 35.9 Å². The number of carboxylic acid groups (broad SMARTS) is 3. The third kappa shape index (κ3) is 9.18. The average Bonchev–Trinajstić information content (AvgIpc) is 3.35. The highest BCUT2D eigenvalue weighted by Gasteiger charge is 2.38. The fourth-order valence-corrected chi connectivity index (χ4v) is 4.04. The van der Waals surface area contributed by atoms with Gasteiger partial charge in [-0.05, 0) is 31.2 Å². The molecule has 13 nitrogen and oxygen atoms in total. The molecule has 0 spiro atoms. The van der Waals surface area contributed by atoms with Crippen molar-refractivity contribution in [1.82, 2.24) is 15.5 Å². The molecular formula is C24H32N4O9. The zero-order valence-electron chi connectivity index (χ0n) is 20.2. The monoisotopic (exact) mass is 520 g/mol. The van der Waals surface area contributed by atoms with Gasteiger partial charge in [-0.3, -0.25) is 24.0 Å². The van der Waals surface area contributed by atoms with Gasteiger partial charge in [-0.2, -0.15) is 0 Å². The van der Waals surface area contributed by atoms with Gasteiger partial charge in [0.2, 0.25) is 17.7 Å². The lowest BCUT2D eigenvalue weighted by atomic mass is 10.0. The van der Waals surface area contributed by atoms with E-state index in [2.05, 4.69) is 10.6 Å². The van der Waals surface area contributed by atoms with Crippen molar-refractivity contribution in [3.8, 4) is 0 Å². The summed E-state index contributed by atoms with van der Waals surface area (Å²) in [7, 11) is 0. The Morgan fingerprint density at radius 1 is 0.892 bits per heavy atom. The molecular weight excluding hydrogens is 488 g/mol. The van der Waals surface area contributed by atoms with Crippen LogP contribution in [0.2, 0.25) is 0 Å². The summed E-state index contributed by atoms with van der Waals surface area (Å²) in [6, 6.07) is 3.87. The number of benzene rings is 1. The quantitative estimate of drug-likeness (QED) is 0.182. The highest BCUT2D eigenvalue weighted by molar-refractivity contribution is 5.94. The van der Waals surface area contributed by atoms with Crippen LogP contribution >= 0.6 is 0 Å². The summed E-state index contributed by atoms with van der Waals surface area (Å²) >= 11 is 0. The summed E-state index contributed by atoms with van der Waals surface area (Å²) < 4.78 is 0. The van der Waals surface area contributed by atoms with Gasteiger partial charge in [-0.25, -0.2) is 4.79 Å². The molecule has 1 aliphatic rings. The van der Waals surface area contributed by atoms with Crippen LogP contribution in [-0.4, -0.2) is 86.6 Å². The van der Waals surface area contributed by atoms with Crippen LogP contribution < -0.4 is 16.4 Å². The molecule has 4 unspecified atom stereocenters. The molecule has 1 aromatic rings. The van der Waals surface area contributed by atoms with Crippen LogP contribution in [0.15, 0.2) is 30.3 Å². The number of hydrogen-bond acceptors (Lipinski definition) is 7. The number of amides is 3. The Labute approximate surface area is 213 Å². The largest absolute Gasteiger partial charge is 0.481 e. The predicted octanol–water partition coefficient (Wildman–Crippen LogP) is -0.669. The van der Waals surface area contributed by atoms with Crippen molar-refractivity contribution >= 4 is 35.6 Å². The van der Waals surface area contributed by atoms with Crippen LogP contribution in [-0.2, 0) is 35.2 Å². The molecule has 0 bridgehead atoms. The summed E-state index contributed by atoms with van der Waals surface area (Å²) in [5.74, 6) is -5.84. The molecule has 1 heterocycles. The van der Waals surface area contributed by atoms with Crippen LogP contribution in [0.4, 0.5) is 0 Å². The molecule has 1 fully saturated rings. The Morgan fingerprint density at radius 3 is 2.08 bits per heavy atom. The molecule has 0 saturated carbocycles. The van der Waals surface area contributed by atoms with Gasteiger partial charge >= 0.3 is 17.9 Å². The maximum Gasteiger partial charge on any atom is 0.326 e. The molecule has 0 aromatic heterocycles. The Bertz CT molecular complexity index is 1000. The summed E-state index contributed by atoms with van der Waals surface area (Å²) in [6.45, 7) is 0.203. The van der Waals surface area contributed by atoms with Crippen molar-refractivity contribution in [1.29, 1.82) is 0 Å². The lowest BCUT2D eigenvalue weighted by molar-refractivity contribution is -0.149. The Hall–Kier alpha value is -4.00. The van der Waals surface area contributed by atoms with Crippen molar-refractivity contribution < 1.29 is 44.1 Å². The fraction of sp³-hybridized carbons (Fsp3) is 0.500. The second-order valence-corrected chi connectivity index (χ2v) is 8.81. The smallest absolute Gasteiger partial charge is 0.326 e. The van der Waals surface area contributed by atoms with E-state index in [0.29, 0.717) is 12.0 Å². The summed E-state index contributed by atoms with van der Waals surface area (Å²) in [6.07, 6.45) is -0.575. The second-order valence-electron chi connectivity index (χ2n) is 8.81. The summed E-state index contributed by atoms with van der Waals surface area (Å²) in [4.78, 5) is 73.7. The first kappa shape index (κ1) is 29.2. The number of carbonyl (C=O) groups excluding carboxylic acids is 3. The molecule has 0 aliphatic carbocycles. The van der Waals surface area contributed by atoms with Crippen molar-refractivity contribution in [2.24, 2.45) is 5.73 Å². The molecule has 202 valence electrons. The minimum atomic E-state index is -1.38. The maximum absolute atomic E-state index is 13.4. The third-order valence-corrected chi connectivity index (χ3v) is 6.00. The molecule has 1 aromatic carbocycles. The van der Waals surface area contributed by atoms with E-state index in [-0.39, 0.29) is 38.6 Å². The van der Waals surface area contributed by atoms with Crippen LogP contribution in [0.25, 0.3) is 0 Å². The van der Waals surface area contributed by atoms with E-state index in [9.17, 15) is 33.9 Å². The van der Waals surface area contributed by atoms with Crippen molar-refractivity contribution in [2.75, 3.05) is 6.54 Å². The van der Waals surface area contributed by atoms with Crippen LogP contribution in [0.1, 0.15) is 44.1 Å². The highest BCUT2D eigenvalue weighted by Crippen LogP contribution is 2.20. The summed E-state index contributed by atoms with van der Waals surface area (Å²) in [5, 5.41) is 32.3. The Morgan fingerprint density at radius 2 is 1.49 bits per heavy atom. The van der Waals surface area contributed by atoms with Gasteiger partial charge in [0.05, 0.1) is 6.04 Å². The summed E-state index contributed by atoms with van der Waals surface area (Å²) in [5.41, 5.74) is 6.40. The lowest BCUT2D eigenvalue weighted by Crippen LogP contribution is -2.57. The standard InChI is InChI=1S/C24H32N4O9/c25-15(8-10-19(29)30)21(33)26-16(9-11-20(31)32)22(34)27-17(13-14-5-2-1-3-6-14)23(35)28-12-4-7-18(28)24(36)37/h1-3,5-6,15-18H,4,7-13,25H2,(H,26,33)(H,27,34)(H,29,30)(H,31,32)(H,36,37). The number of hydrogen-bond donors (Lipinski definition) is 6. The zero-order chi connectivity index (χ0) is 27.5. The molecule has 3 amide bonds. The maximum atomic E-state index is 13.4. The third-order valence-electron chi connectivity index (χ3n) is 6.00. The van der Waals surface area contributed by atoms with Gasteiger partial charge in [0.25, 0.3) is 0 Å². The van der Waals surface area contributed by atoms with Crippen molar-refractivity contribution in [3.63, 3.8) is 0 Å². The topological polar surface area (TPSA) is 216 Å². The Balaban J connectivity index is 2.23. The van der Waals surface area contributed by atoms with Crippen molar-refractivity contribution in [2.45, 2.75) is 69.1 Å². The predicted molar refractivity (Wildman–Crippen MR) is 128 cm³/mol. The van der Waals surface area contributed by atoms with Crippen LogP contribution in [0.5, 0.6) is 0 Å². The van der Waals surface area contributed by atoms with Gasteiger partial charge in [0, 0.05) is 25.8 Å². The van der Waals surface area contributed by atoms with Gasteiger partial charge in [-0.1, -0.05) is 30.3 Å². The van der Waals surface area contributed by atoms with E-state index in [1.54, 1.807) is 30.3 Å². The van der Waals surface area contributed by atoms with E-state index >= 15 is 0 Å². The number of nitrogens with two attached hydrogens (primary N) is 1. The Kier molecular flexibility index (Phi) is 11.0. The molecule has 1 saturated heterocycles. The number of aliphatic carboxylic acids is 3. The number of carboxylic acids is 3. The van der Waals surface area contributed by atoms with Gasteiger partial charge in [0.15, 0.2) is 0 Å². The average molecular weight is 521 g/mol. The molecule has 1 aliphatic heterocycles. The number of likely N-dealkylation sites (tertiary alicyclic amines) is 1. The molecule has 37 heavy (non-hydrogen) atoms. The van der Waals surface area contributed by atoms with E-state index in [1.165, 1.54) is 4.90 Å². The van der Waals surface area contributed by atoms with E-state index in [4.69, 9.17) is 15.9 Å². The number of nitrogens with one attached hydrogen (secondary N) is 2. The lowest BCUT2D eigenvalue weighted by Gasteiger charge is -2.29. The van der Waals surface area contributed by atoms with Crippen LogP contribution in [0, 0.1) is 0 Å². The van der Waals surface area contributed by atoms with Crippen LogP contribution in [0.3, 0.4) is 0 Å². The SMILES string of the molecule is NC(CCC(=O)O)C(=O)NC(CCC(=O)O)C(=O)NC(Cc1ccccc1)C(=O)N1CCCC1C(=O)O. The minimum Gasteiger partial charge on any atom is -0.481 e. The molecule has 0 radical (unpaired) electrons. The highest BCUT2D eigenvalue weighted by atomic mass is 16.4. The van der Waals surface area contributed by atoms with E-state index in [1.807, 2.05) is 0 Å². The number of nitrogens with zero attached hydrogens (tertiary/aromatic N) is 1. The first-order valence-electron chi connectivity index (χ1n) is 11.9. The first-order valence-corrected chi connectivity index (χ1v) is 11.9. The minimum absolute atomic E-state index is 0.0337. The van der Waals surface area contributed by atoms with E-state index in [0.717, 1.165) is 0 Å². The molecule has 4 atom stereocenters. The van der Waals surface area contributed by atoms with E-state index < -0.39 is 66.2 Å². The normalized spacial score (nSPS) is 17.3. The van der Waals surface area contributed by atoms with Gasteiger partial charge in [-0.15, -0.1) is 0 Å².